The fraction of sp³-hybridized carbons (Fsp3) is 0.211. The maximum atomic E-state index is 12.4. The molecule has 0 aliphatic carbocycles. The van der Waals surface area contributed by atoms with Crippen molar-refractivity contribution >= 4 is 35.4 Å². The molecule has 6 nitrogen and oxygen atoms in total. The van der Waals surface area contributed by atoms with Crippen molar-refractivity contribution in [3.8, 4) is 0 Å². The van der Waals surface area contributed by atoms with Gasteiger partial charge in [-0.1, -0.05) is 56.1 Å². The van der Waals surface area contributed by atoms with Gasteiger partial charge in [0.1, 0.15) is 10.7 Å². The molecule has 27 heavy (non-hydrogen) atoms. The Labute approximate surface area is 164 Å². The molecular formula is C19H18Cl2N4O2. The van der Waals surface area contributed by atoms with Gasteiger partial charge >= 0.3 is 0 Å². The zero-order valence-electron chi connectivity index (χ0n) is 15.0. The first-order valence-electron chi connectivity index (χ1n) is 8.21. The Bertz CT molecular complexity index is 1230. The average Bonchev–Trinajstić information content (AvgIpc) is 3.05. The molecule has 140 valence electrons. The SMILES string of the molecule is CC(C)(C)c1[nH]cnc1/C=c1\[nH]c(=O)/c(=C/c2cccc(Cl)c2Cl)[nH]c1=O. The van der Waals surface area contributed by atoms with Gasteiger partial charge in [0.15, 0.2) is 0 Å². The van der Waals surface area contributed by atoms with Gasteiger partial charge in [-0.2, -0.15) is 0 Å². The highest BCUT2D eigenvalue weighted by Crippen LogP contribution is 2.25. The highest BCUT2D eigenvalue weighted by atomic mass is 35.5. The second-order valence-electron chi connectivity index (χ2n) is 7.08. The predicted octanol–water partition coefficient (Wildman–Crippen LogP) is 2.05. The molecule has 0 atom stereocenters. The van der Waals surface area contributed by atoms with Crippen LogP contribution in [0.4, 0.5) is 0 Å². The normalized spacial score (nSPS) is 13.4. The minimum Gasteiger partial charge on any atom is -0.348 e. The van der Waals surface area contributed by atoms with Crippen molar-refractivity contribution in [3.63, 3.8) is 0 Å². The van der Waals surface area contributed by atoms with Crippen LogP contribution in [-0.2, 0) is 5.41 Å². The van der Waals surface area contributed by atoms with Gasteiger partial charge in [0.05, 0.1) is 22.1 Å². The van der Waals surface area contributed by atoms with Gasteiger partial charge in [-0.15, -0.1) is 0 Å². The van der Waals surface area contributed by atoms with E-state index in [0.29, 0.717) is 21.3 Å². The van der Waals surface area contributed by atoms with Gasteiger partial charge in [-0.25, -0.2) is 4.98 Å². The third-order valence-corrected chi connectivity index (χ3v) is 4.80. The Kier molecular flexibility index (Phi) is 5.13. The van der Waals surface area contributed by atoms with Crippen molar-refractivity contribution in [1.82, 2.24) is 19.9 Å². The number of aromatic amines is 3. The number of nitrogens with zero attached hydrogens (tertiary/aromatic N) is 1. The lowest BCUT2D eigenvalue weighted by molar-refractivity contribution is 0.571. The summed E-state index contributed by atoms with van der Waals surface area (Å²) in [4.78, 5) is 37.4. The number of hydrogen-bond donors (Lipinski definition) is 3. The summed E-state index contributed by atoms with van der Waals surface area (Å²) < 4.78 is 0. The van der Waals surface area contributed by atoms with E-state index in [1.54, 1.807) is 30.6 Å². The van der Waals surface area contributed by atoms with Crippen molar-refractivity contribution in [2.75, 3.05) is 0 Å². The summed E-state index contributed by atoms with van der Waals surface area (Å²) >= 11 is 12.1. The second-order valence-corrected chi connectivity index (χ2v) is 7.87. The topological polar surface area (TPSA) is 94.4 Å². The van der Waals surface area contributed by atoms with Crippen LogP contribution in [-0.4, -0.2) is 19.9 Å². The molecule has 3 N–H and O–H groups in total. The molecule has 0 aliphatic heterocycles. The molecule has 8 heteroatoms. The number of imidazole rings is 1. The third kappa shape index (κ3) is 4.07. The van der Waals surface area contributed by atoms with Crippen molar-refractivity contribution in [2.45, 2.75) is 26.2 Å². The Morgan fingerprint density at radius 3 is 2.26 bits per heavy atom. The van der Waals surface area contributed by atoms with Crippen LogP contribution < -0.4 is 21.8 Å². The van der Waals surface area contributed by atoms with E-state index >= 15 is 0 Å². The molecule has 0 saturated heterocycles. The van der Waals surface area contributed by atoms with Crippen molar-refractivity contribution < 1.29 is 0 Å². The zero-order valence-corrected chi connectivity index (χ0v) is 16.5. The maximum absolute atomic E-state index is 12.4. The Morgan fingerprint density at radius 2 is 1.63 bits per heavy atom. The highest BCUT2D eigenvalue weighted by molar-refractivity contribution is 6.42. The van der Waals surface area contributed by atoms with Crippen LogP contribution in [0.3, 0.4) is 0 Å². The van der Waals surface area contributed by atoms with E-state index in [2.05, 4.69) is 19.9 Å². The minimum absolute atomic E-state index is 0.0828. The maximum Gasteiger partial charge on any atom is 0.272 e. The lowest BCUT2D eigenvalue weighted by Crippen LogP contribution is -2.46. The monoisotopic (exact) mass is 404 g/mol. The van der Waals surface area contributed by atoms with Crippen molar-refractivity contribution in [1.29, 1.82) is 0 Å². The van der Waals surface area contributed by atoms with E-state index in [-0.39, 0.29) is 16.1 Å². The predicted molar refractivity (Wildman–Crippen MR) is 108 cm³/mol. The number of nitrogens with one attached hydrogen (secondary N) is 3. The number of halogens is 2. The van der Waals surface area contributed by atoms with Crippen LogP contribution >= 0.6 is 23.2 Å². The summed E-state index contributed by atoms with van der Waals surface area (Å²) in [6.07, 6.45) is 4.59. The van der Waals surface area contributed by atoms with E-state index in [0.717, 1.165) is 5.69 Å². The molecule has 3 rings (SSSR count). The van der Waals surface area contributed by atoms with E-state index in [4.69, 9.17) is 23.2 Å². The average molecular weight is 405 g/mol. The first-order valence-corrected chi connectivity index (χ1v) is 8.96. The largest absolute Gasteiger partial charge is 0.348 e. The number of hydrogen-bond acceptors (Lipinski definition) is 3. The van der Waals surface area contributed by atoms with Crippen LogP contribution in [0.2, 0.25) is 10.0 Å². The summed E-state index contributed by atoms with van der Waals surface area (Å²) in [5.41, 5.74) is 0.908. The fourth-order valence-electron chi connectivity index (χ4n) is 2.64. The van der Waals surface area contributed by atoms with E-state index in [9.17, 15) is 9.59 Å². The quantitative estimate of drug-likeness (QED) is 0.609. The Balaban J connectivity index is 2.16. The Morgan fingerprint density at radius 1 is 1.00 bits per heavy atom. The van der Waals surface area contributed by atoms with Crippen LogP contribution in [0.25, 0.3) is 12.2 Å². The smallest absolute Gasteiger partial charge is 0.272 e. The lowest BCUT2D eigenvalue weighted by Gasteiger charge is -2.16. The van der Waals surface area contributed by atoms with Gasteiger partial charge < -0.3 is 15.0 Å². The first-order chi connectivity index (χ1) is 12.7. The zero-order chi connectivity index (χ0) is 19.8. The first kappa shape index (κ1) is 19.2. The van der Waals surface area contributed by atoms with Gasteiger partial charge in [0.2, 0.25) is 0 Å². The molecule has 0 bridgehead atoms. The summed E-state index contributed by atoms with van der Waals surface area (Å²) in [7, 11) is 0. The number of rotatable bonds is 2. The van der Waals surface area contributed by atoms with Crippen molar-refractivity contribution in [2.24, 2.45) is 0 Å². The molecule has 2 heterocycles. The Hall–Kier alpha value is -2.57. The number of aromatic nitrogens is 4. The van der Waals surface area contributed by atoms with Crippen LogP contribution in [0.15, 0.2) is 34.1 Å². The molecule has 0 saturated carbocycles. The molecular weight excluding hydrogens is 387 g/mol. The van der Waals surface area contributed by atoms with Gasteiger partial charge in [-0.3, -0.25) is 9.59 Å². The van der Waals surface area contributed by atoms with Crippen LogP contribution in [0.1, 0.15) is 37.7 Å². The van der Waals surface area contributed by atoms with Crippen LogP contribution in [0, 0.1) is 0 Å². The lowest BCUT2D eigenvalue weighted by atomic mass is 9.90. The summed E-state index contributed by atoms with van der Waals surface area (Å²) in [5, 5.41) is 0.870. The van der Waals surface area contributed by atoms with Gasteiger partial charge in [0, 0.05) is 11.1 Å². The molecule has 0 fully saturated rings. The third-order valence-electron chi connectivity index (χ3n) is 3.97. The molecule has 1 aromatic carbocycles. The summed E-state index contributed by atoms with van der Waals surface area (Å²) in [6, 6.07) is 5.05. The molecule has 0 radical (unpaired) electrons. The van der Waals surface area contributed by atoms with Crippen molar-refractivity contribution in [3.05, 3.63) is 82.9 Å². The fourth-order valence-corrected chi connectivity index (χ4v) is 3.00. The van der Waals surface area contributed by atoms with Gasteiger partial charge in [0.25, 0.3) is 11.1 Å². The summed E-state index contributed by atoms with van der Waals surface area (Å²) in [6.45, 7) is 6.08. The number of H-pyrrole nitrogens is 3. The molecule has 0 spiro atoms. The molecule has 2 aromatic heterocycles. The second kappa shape index (κ2) is 7.21. The van der Waals surface area contributed by atoms with E-state index < -0.39 is 11.1 Å². The van der Waals surface area contributed by atoms with Crippen LogP contribution in [0.5, 0.6) is 0 Å². The van der Waals surface area contributed by atoms with E-state index in [1.807, 2.05) is 20.8 Å². The molecule has 3 aromatic rings. The molecule has 0 amide bonds. The molecule has 0 unspecified atom stereocenters. The minimum atomic E-state index is -0.454. The summed E-state index contributed by atoms with van der Waals surface area (Å²) in [5.74, 6) is 0. The highest BCUT2D eigenvalue weighted by Gasteiger charge is 2.19. The van der Waals surface area contributed by atoms with E-state index in [1.165, 1.54) is 6.08 Å². The molecule has 0 aliphatic rings. The number of benzene rings is 1. The standard InChI is InChI=1S/C19H18Cl2N4O2/c1-19(2,3)16-12(22-9-23-16)8-14-18(27)24-13(17(26)25-14)7-10-5-4-6-11(20)15(10)21/h4-9H,1-3H3,(H,22,23)(H,24,27)(H,25,26)/b13-7-,14-8-. The van der Waals surface area contributed by atoms with Gasteiger partial charge in [-0.05, 0) is 23.8 Å².